The van der Waals surface area contributed by atoms with Gasteiger partial charge in [0.25, 0.3) is 5.91 Å². The molecule has 18 heavy (non-hydrogen) atoms. The van der Waals surface area contributed by atoms with Gasteiger partial charge in [-0.05, 0) is 47.9 Å². The number of benzene rings is 1. The first-order valence-corrected chi connectivity index (χ1v) is 7.13. The molecule has 0 unspecified atom stereocenters. The van der Waals surface area contributed by atoms with Crippen molar-refractivity contribution in [1.82, 2.24) is 4.90 Å². The van der Waals surface area contributed by atoms with Crippen LogP contribution in [0.4, 0.5) is 0 Å². The van der Waals surface area contributed by atoms with E-state index in [9.17, 15) is 4.79 Å². The lowest BCUT2D eigenvalue weighted by Gasteiger charge is -2.20. The average molecular weight is 259 g/mol. The summed E-state index contributed by atoms with van der Waals surface area (Å²) in [5.41, 5.74) is 2.94. The molecule has 3 heteroatoms. The first-order chi connectivity index (χ1) is 8.77. The second-order valence-corrected chi connectivity index (χ2v) is 4.82. The molecular weight excluding hydrogens is 242 g/mol. The summed E-state index contributed by atoms with van der Waals surface area (Å²) in [6.07, 6.45) is 0. The Hall–Kier alpha value is -1.61. The Labute approximate surface area is 112 Å². The number of rotatable bonds is 4. The van der Waals surface area contributed by atoms with Crippen LogP contribution in [0.5, 0.6) is 0 Å². The zero-order valence-electron chi connectivity index (χ0n) is 10.7. The molecule has 0 fully saturated rings. The maximum Gasteiger partial charge on any atom is 0.254 e. The van der Waals surface area contributed by atoms with Crippen LogP contribution in [0.15, 0.2) is 41.1 Å². The molecule has 1 aromatic heterocycles. The summed E-state index contributed by atoms with van der Waals surface area (Å²) < 4.78 is 0. The maximum atomic E-state index is 12.5. The van der Waals surface area contributed by atoms with Crippen LogP contribution >= 0.6 is 11.3 Å². The topological polar surface area (TPSA) is 20.3 Å². The molecule has 94 valence electrons. The Morgan fingerprint density at radius 1 is 1.17 bits per heavy atom. The van der Waals surface area contributed by atoms with Gasteiger partial charge < -0.3 is 4.90 Å². The minimum atomic E-state index is 0.113. The first-order valence-electron chi connectivity index (χ1n) is 6.18. The minimum absolute atomic E-state index is 0.113. The summed E-state index contributed by atoms with van der Waals surface area (Å²) in [7, 11) is 0. The number of amides is 1. The molecule has 0 radical (unpaired) electrons. The van der Waals surface area contributed by atoms with Crippen LogP contribution < -0.4 is 0 Å². The Morgan fingerprint density at radius 2 is 1.89 bits per heavy atom. The van der Waals surface area contributed by atoms with E-state index in [2.05, 4.69) is 11.4 Å². The number of nitrogens with zero attached hydrogens (tertiary/aromatic N) is 1. The molecule has 0 aliphatic heterocycles. The van der Waals surface area contributed by atoms with Gasteiger partial charge in [-0.2, -0.15) is 11.3 Å². The minimum Gasteiger partial charge on any atom is -0.339 e. The van der Waals surface area contributed by atoms with Crippen molar-refractivity contribution in [2.24, 2.45) is 0 Å². The monoisotopic (exact) mass is 259 g/mol. The van der Waals surface area contributed by atoms with Gasteiger partial charge in [-0.1, -0.05) is 18.2 Å². The number of hydrogen-bond donors (Lipinski definition) is 0. The SMILES string of the molecule is CCN(CC)C(=O)c1ccccc1-c1ccsc1. The van der Waals surface area contributed by atoms with E-state index in [4.69, 9.17) is 0 Å². The maximum absolute atomic E-state index is 12.5. The van der Waals surface area contributed by atoms with E-state index in [1.807, 2.05) is 48.4 Å². The lowest BCUT2D eigenvalue weighted by Crippen LogP contribution is -2.30. The summed E-state index contributed by atoms with van der Waals surface area (Å²) in [6.45, 7) is 5.50. The summed E-state index contributed by atoms with van der Waals surface area (Å²) in [5, 5.41) is 4.11. The second kappa shape index (κ2) is 5.83. The van der Waals surface area contributed by atoms with Crippen LogP contribution in [0.3, 0.4) is 0 Å². The molecule has 2 aromatic rings. The van der Waals surface area contributed by atoms with Gasteiger partial charge in [0, 0.05) is 18.7 Å². The molecule has 0 N–H and O–H groups in total. The van der Waals surface area contributed by atoms with Crippen molar-refractivity contribution < 1.29 is 4.79 Å². The quantitative estimate of drug-likeness (QED) is 0.815. The Morgan fingerprint density at radius 3 is 2.50 bits per heavy atom. The van der Waals surface area contributed by atoms with Gasteiger partial charge in [0.05, 0.1) is 0 Å². The van der Waals surface area contributed by atoms with Crippen molar-refractivity contribution >= 4 is 17.2 Å². The van der Waals surface area contributed by atoms with Crippen LogP contribution in [0, 0.1) is 0 Å². The van der Waals surface area contributed by atoms with Crippen molar-refractivity contribution in [3.63, 3.8) is 0 Å². The Bertz CT molecular complexity index is 515. The molecule has 1 aromatic carbocycles. The van der Waals surface area contributed by atoms with E-state index in [-0.39, 0.29) is 5.91 Å². The molecule has 1 amide bonds. The van der Waals surface area contributed by atoms with Crippen LogP contribution in [0.1, 0.15) is 24.2 Å². The van der Waals surface area contributed by atoms with Gasteiger partial charge in [-0.25, -0.2) is 0 Å². The largest absolute Gasteiger partial charge is 0.339 e. The van der Waals surface area contributed by atoms with E-state index >= 15 is 0 Å². The van der Waals surface area contributed by atoms with Crippen LogP contribution in [-0.2, 0) is 0 Å². The fourth-order valence-electron chi connectivity index (χ4n) is 2.02. The van der Waals surface area contributed by atoms with Crippen molar-refractivity contribution in [2.45, 2.75) is 13.8 Å². The molecule has 0 spiro atoms. The van der Waals surface area contributed by atoms with Gasteiger partial charge in [0.2, 0.25) is 0 Å². The van der Waals surface area contributed by atoms with E-state index in [0.29, 0.717) is 0 Å². The molecule has 0 bridgehead atoms. The van der Waals surface area contributed by atoms with Crippen LogP contribution in [0.2, 0.25) is 0 Å². The van der Waals surface area contributed by atoms with Crippen molar-refractivity contribution in [3.8, 4) is 11.1 Å². The zero-order valence-corrected chi connectivity index (χ0v) is 11.5. The molecule has 0 atom stereocenters. The van der Waals surface area contributed by atoms with Gasteiger partial charge in [-0.15, -0.1) is 0 Å². The second-order valence-electron chi connectivity index (χ2n) is 4.04. The Balaban J connectivity index is 2.42. The third-order valence-corrected chi connectivity index (χ3v) is 3.72. The lowest BCUT2D eigenvalue weighted by atomic mass is 10.0. The van der Waals surface area contributed by atoms with Crippen molar-refractivity contribution in [1.29, 1.82) is 0 Å². The van der Waals surface area contributed by atoms with Gasteiger partial charge in [0.1, 0.15) is 0 Å². The highest BCUT2D eigenvalue weighted by Crippen LogP contribution is 2.26. The summed E-state index contributed by atoms with van der Waals surface area (Å²) in [5.74, 6) is 0.113. The first kappa shape index (κ1) is 12.8. The third-order valence-electron chi connectivity index (χ3n) is 3.04. The standard InChI is InChI=1S/C15H17NOS/c1-3-16(4-2)15(17)14-8-6-5-7-13(14)12-9-10-18-11-12/h5-11H,3-4H2,1-2H3. The number of thiophene rings is 1. The molecule has 0 aliphatic rings. The fraction of sp³-hybridized carbons (Fsp3) is 0.267. The number of carbonyl (C=O) groups is 1. The van der Waals surface area contributed by atoms with E-state index < -0.39 is 0 Å². The molecule has 2 rings (SSSR count). The summed E-state index contributed by atoms with van der Waals surface area (Å²) in [4.78, 5) is 14.3. The predicted molar refractivity (Wildman–Crippen MR) is 77.0 cm³/mol. The van der Waals surface area contributed by atoms with Crippen LogP contribution in [-0.4, -0.2) is 23.9 Å². The fourth-order valence-corrected chi connectivity index (χ4v) is 2.68. The molecule has 0 saturated heterocycles. The normalized spacial score (nSPS) is 10.3. The Kier molecular flexibility index (Phi) is 4.15. The molecule has 0 saturated carbocycles. The summed E-state index contributed by atoms with van der Waals surface area (Å²) in [6, 6.07) is 9.88. The number of hydrogen-bond acceptors (Lipinski definition) is 2. The molecule has 2 nitrogen and oxygen atoms in total. The van der Waals surface area contributed by atoms with Crippen molar-refractivity contribution in [3.05, 3.63) is 46.7 Å². The average Bonchev–Trinajstić information content (AvgIpc) is 2.94. The van der Waals surface area contributed by atoms with E-state index in [1.54, 1.807) is 11.3 Å². The van der Waals surface area contributed by atoms with Crippen molar-refractivity contribution in [2.75, 3.05) is 13.1 Å². The lowest BCUT2D eigenvalue weighted by molar-refractivity contribution is 0.0774. The third kappa shape index (κ3) is 2.46. The van der Waals surface area contributed by atoms with Gasteiger partial charge in [-0.3, -0.25) is 4.79 Å². The highest BCUT2D eigenvalue weighted by Gasteiger charge is 2.16. The van der Waals surface area contributed by atoms with Gasteiger partial charge >= 0.3 is 0 Å². The number of carbonyl (C=O) groups excluding carboxylic acids is 1. The van der Waals surface area contributed by atoms with Gasteiger partial charge in [0.15, 0.2) is 0 Å². The van der Waals surface area contributed by atoms with E-state index in [1.165, 1.54) is 0 Å². The highest BCUT2D eigenvalue weighted by molar-refractivity contribution is 7.08. The highest BCUT2D eigenvalue weighted by atomic mass is 32.1. The van der Waals surface area contributed by atoms with E-state index in [0.717, 1.165) is 29.8 Å². The van der Waals surface area contributed by atoms with Crippen LogP contribution in [0.25, 0.3) is 11.1 Å². The molecular formula is C15H17NOS. The summed E-state index contributed by atoms with van der Waals surface area (Å²) >= 11 is 1.65. The zero-order chi connectivity index (χ0) is 13.0. The molecule has 1 heterocycles. The smallest absolute Gasteiger partial charge is 0.254 e. The molecule has 0 aliphatic carbocycles. The predicted octanol–water partition coefficient (Wildman–Crippen LogP) is 3.90.